The molecule has 1 aliphatic carbocycles. The Morgan fingerprint density at radius 3 is 3.00 bits per heavy atom. The molecule has 0 saturated carbocycles. The van der Waals surface area contributed by atoms with E-state index >= 15 is 0 Å². The normalized spacial score (nSPS) is 14.3. The Hall–Kier alpha value is -1.92. The van der Waals surface area contributed by atoms with Crippen molar-refractivity contribution in [2.75, 3.05) is 18.5 Å². The van der Waals surface area contributed by atoms with E-state index in [1.165, 1.54) is 17.0 Å². The number of hydrogen-bond donors (Lipinski definition) is 3. The third-order valence-corrected chi connectivity index (χ3v) is 5.67. The molecule has 3 N–H and O–H groups in total. The maximum absolute atomic E-state index is 12.2. The maximum atomic E-state index is 12.2. The molecule has 0 radical (unpaired) electrons. The van der Waals surface area contributed by atoms with Gasteiger partial charge in [-0.3, -0.25) is 4.79 Å². The van der Waals surface area contributed by atoms with Crippen molar-refractivity contribution in [3.63, 3.8) is 0 Å². The van der Waals surface area contributed by atoms with Crippen LogP contribution in [0.1, 0.15) is 50.9 Å². The highest BCUT2D eigenvalue weighted by atomic mass is 32.1. The molecule has 0 fully saturated rings. The van der Waals surface area contributed by atoms with Gasteiger partial charge in [-0.2, -0.15) is 0 Å². The summed E-state index contributed by atoms with van der Waals surface area (Å²) in [6, 6.07) is 5.76. The van der Waals surface area contributed by atoms with E-state index in [-0.39, 0.29) is 25.1 Å². The Morgan fingerprint density at radius 2 is 2.25 bits per heavy atom. The number of fused-ring (bicyclic) bond motifs is 1. The molecule has 24 heavy (non-hydrogen) atoms. The minimum atomic E-state index is -0.161. The van der Waals surface area contributed by atoms with Gasteiger partial charge in [-0.1, -0.05) is 6.07 Å². The lowest BCUT2D eigenvalue weighted by Gasteiger charge is -2.17. The fourth-order valence-electron chi connectivity index (χ4n) is 2.99. The molecule has 1 aromatic heterocycles. The van der Waals surface area contributed by atoms with E-state index < -0.39 is 0 Å². The van der Waals surface area contributed by atoms with E-state index in [1.807, 2.05) is 19.1 Å². The van der Waals surface area contributed by atoms with Crippen LogP contribution in [0.3, 0.4) is 0 Å². The third kappa shape index (κ3) is 3.44. The first-order valence-electron chi connectivity index (χ1n) is 8.34. The zero-order valence-electron chi connectivity index (χ0n) is 14.1. The number of aromatic nitrogens is 1. The molecule has 2 aromatic rings. The molecular weight excluding hydrogens is 322 g/mol. The number of aliphatic hydroxyl groups excluding tert-OH is 1. The van der Waals surface area contributed by atoms with Crippen molar-refractivity contribution < 1.29 is 9.90 Å². The Kier molecular flexibility index (Phi) is 5.16. The molecule has 0 bridgehead atoms. The monoisotopic (exact) mass is 345 g/mol. The van der Waals surface area contributed by atoms with E-state index in [1.54, 1.807) is 17.4 Å². The van der Waals surface area contributed by atoms with Crippen molar-refractivity contribution in [2.24, 2.45) is 0 Å². The van der Waals surface area contributed by atoms with Crippen LogP contribution in [0.4, 0.5) is 5.69 Å². The lowest BCUT2D eigenvalue weighted by atomic mass is 10.1. The number of nitrogens with one attached hydrogen (secondary N) is 2. The van der Waals surface area contributed by atoms with Gasteiger partial charge in [-0.25, -0.2) is 4.98 Å². The van der Waals surface area contributed by atoms with Gasteiger partial charge in [0.15, 0.2) is 0 Å². The molecule has 1 atom stereocenters. The number of thiazole rings is 1. The first-order chi connectivity index (χ1) is 11.6. The molecule has 1 unspecified atom stereocenters. The number of amides is 1. The lowest BCUT2D eigenvalue weighted by molar-refractivity contribution is 0.0944. The Balaban J connectivity index is 1.75. The summed E-state index contributed by atoms with van der Waals surface area (Å²) < 4.78 is 0. The van der Waals surface area contributed by atoms with E-state index in [4.69, 9.17) is 10.1 Å². The highest BCUT2D eigenvalue weighted by Gasteiger charge is 2.20. The zero-order chi connectivity index (χ0) is 17.1. The van der Waals surface area contributed by atoms with Crippen molar-refractivity contribution in [1.29, 1.82) is 0 Å². The SMILES string of the molecule is Cc1c(NC(C)c2nc3c(s2)CCC3)cccc1C(=O)NCCO. The van der Waals surface area contributed by atoms with E-state index in [9.17, 15) is 4.79 Å². The fourth-order valence-corrected chi connectivity index (χ4v) is 4.15. The molecule has 128 valence electrons. The Labute approximate surface area is 146 Å². The average Bonchev–Trinajstić information content (AvgIpc) is 3.16. The van der Waals surface area contributed by atoms with Gasteiger partial charge in [0.2, 0.25) is 0 Å². The summed E-state index contributed by atoms with van der Waals surface area (Å²) in [7, 11) is 0. The Morgan fingerprint density at radius 1 is 1.42 bits per heavy atom. The van der Waals surface area contributed by atoms with Crippen LogP contribution in [0.5, 0.6) is 0 Å². The van der Waals surface area contributed by atoms with E-state index in [2.05, 4.69) is 17.6 Å². The lowest BCUT2D eigenvalue weighted by Crippen LogP contribution is -2.27. The summed E-state index contributed by atoms with van der Waals surface area (Å²) in [6.45, 7) is 4.24. The second kappa shape index (κ2) is 7.32. The van der Waals surface area contributed by atoms with Crippen LogP contribution in [0.2, 0.25) is 0 Å². The largest absolute Gasteiger partial charge is 0.395 e. The molecule has 5 nitrogen and oxygen atoms in total. The van der Waals surface area contributed by atoms with Gasteiger partial charge in [0.25, 0.3) is 5.91 Å². The number of nitrogens with zero attached hydrogens (tertiary/aromatic N) is 1. The topological polar surface area (TPSA) is 74.2 Å². The maximum Gasteiger partial charge on any atom is 0.251 e. The zero-order valence-corrected chi connectivity index (χ0v) is 14.9. The molecule has 3 rings (SSSR count). The van der Waals surface area contributed by atoms with Crippen molar-refractivity contribution in [1.82, 2.24) is 10.3 Å². The molecule has 0 saturated heterocycles. The summed E-state index contributed by atoms with van der Waals surface area (Å²) in [5.74, 6) is -0.161. The van der Waals surface area contributed by atoms with Crippen LogP contribution < -0.4 is 10.6 Å². The van der Waals surface area contributed by atoms with Gasteiger partial charge in [0.05, 0.1) is 18.3 Å². The van der Waals surface area contributed by atoms with Crippen LogP contribution in [0.25, 0.3) is 0 Å². The number of aryl methyl sites for hydroxylation is 2. The Bertz CT molecular complexity index is 720. The first kappa shape index (κ1) is 16.9. The number of carbonyl (C=O) groups excluding carboxylic acids is 1. The van der Waals surface area contributed by atoms with Crippen molar-refractivity contribution in [3.8, 4) is 0 Å². The number of anilines is 1. The van der Waals surface area contributed by atoms with Crippen molar-refractivity contribution >= 4 is 22.9 Å². The molecular formula is C18H23N3O2S. The second-order valence-electron chi connectivity index (χ2n) is 6.10. The highest BCUT2D eigenvalue weighted by Crippen LogP contribution is 2.32. The predicted octanol–water partition coefficient (Wildman–Crippen LogP) is 2.84. The molecule has 0 spiro atoms. The third-order valence-electron chi connectivity index (χ3n) is 4.33. The standard InChI is InChI=1S/C18H23N3O2S/c1-11-13(17(23)19-9-10-22)5-3-6-14(11)20-12(2)18-21-15-7-4-8-16(15)24-18/h3,5-6,12,20,22H,4,7-10H2,1-2H3,(H,19,23). The molecule has 6 heteroatoms. The van der Waals surface area contributed by atoms with Gasteiger partial charge >= 0.3 is 0 Å². The summed E-state index contributed by atoms with van der Waals surface area (Å²) in [4.78, 5) is 18.4. The van der Waals surface area contributed by atoms with Crippen LogP contribution in [0.15, 0.2) is 18.2 Å². The minimum Gasteiger partial charge on any atom is -0.395 e. The van der Waals surface area contributed by atoms with Crippen LogP contribution in [0, 0.1) is 6.92 Å². The van der Waals surface area contributed by atoms with Gasteiger partial charge in [-0.05, 0) is 50.8 Å². The summed E-state index contributed by atoms with van der Waals surface area (Å²) in [6.07, 6.45) is 3.47. The molecule has 0 aliphatic heterocycles. The summed E-state index contributed by atoms with van der Waals surface area (Å²) in [5.41, 5.74) is 3.73. The predicted molar refractivity (Wildman–Crippen MR) is 96.8 cm³/mol. The van der Waals surface area contributed by atoms with Crippen molar-refractivity contribution in [2.45, 2.75) is 39.2 Å². The van der Waals surface area contributed by atoms with Crippen molar-refractivity contribution in [3.05, 3.63) is 44.9 Å². The molecule has 1 aliphatic rings. The van der Waals surface area contributed by atoms with Gasteiger partial charge in [0.1, 0.15) is 5.01 Å². The molecule has 1 amide bonds. The smallest absolute Gasteiger partial charge is 0.251 e. The van der Waals surface area contributed by atoms with E-state index in [0.29, 0.717) is 5.56 Å². The van der Waals surface area contributed by atoms with Gasteiger partial charge in [0, 0.05) is 22.7 Å². The van der Waals surface area contributed by atoms with Crippen LogP contribution in [-0.2, 0) is 12.8 Å². The van der Waals surface area contributed by atoms with Gasteiger partial charge < -0.3 is 15.7 Å². The highest BCUT2D eigenvalue weighted by molar-refractivity contribution is 7.11. The average molecular weight is 345 g/mol. The molecule has 1 aromatic carbocycles. The van der Waals surface area contributed by atoms with Crippen LogP contribution in [-0.4, -0.2) is 29.1 Å². The number of rotatable bonds is 6. The second-order valence-corrected chi connectivity index (χ2v) is 7.21. The number of hydrogen-bond acceptors (Lipinski definition) is 5. The van der Waals surface area contributed by atoms with Gasteiger partial charge in [-0.15, -0.1) is 11.3 Å². The minimum absolute atomic E-state index is 0.0610. The number of aliphatic hydroxyl groups is 1. The fraction of sp³-hybridized carbons (Fsp3) is 0.444. The first-order valence-corrected chi connectivity index (χ1v) is 9.15. The number of carbonyl (C=O) groups is 1. The van der Waals surface area contributed by atoms with E-state index in [0.717, 1.165) is 29.1 Å². The molecule has 1 heterocycles. The quantitative estimate of drug-likeness (QED) is 0.753. The summed E-state index contributed by atoms with van der Waals surface area (Å²) in [5, 5.41) is 16.1. The summed E-state index contributed by atoms with van der Waals surface area (Å²) >= 11 is 1.80. The van der Waals surface area contributed by atoms with Crippen LogP contribution >= 0.6 is 11.3 Å². The number of benzene rings is 1.